The quantitative estimate of drug-likeness (QED) is 0.779. The summed E-state index contributed by atoms with van der Waals surface area (Å²) >= 11 is 0. The van der Waals surface area contributed by atoms with Crippen molar-refractivity contribution in [3.63, 3.8) is 0 Å². The molecule has 1 unspecified atom stereocenters. The summed E-state index contributed by atoms with van der Waals surface area (Å²) in [6, 6.07) is 6.82. The third-order valence-electron chi connectivity index (χ3n) is 2.59. The molecule has 0 aliphatic heterocycles. The molecule has 0 saturated carbocycles. The molecule has 1 aromatic carbocycles. The number of hydrogen-bond donors (Lipinski definition) is 1. The van der Waals surface area contributed by atoms with Crippen LogP contribution in [0.5, 0.6) is 5.75 Å². The van der Waals surface area contributed by atoms with Crippen LogP contribution in [0.3, 0.4) is 0 Å². The minimum absolute atomic E-state index is 0.0428. The highest BCUT2D eigenvalue weighted by atomic mass is 19.4. The summed E-state index contributed by atoms with van der Waals surface area (Å²) in [7, 11) is 1.57. The van der Waals surface area contributed by atoms with Gasteiger partial charge in [0, 0.05) is 13.0 Å². The van der Waals surface area contributed by atoms with Crippen LogP contribution >= 0.6 is 0 Å². The Morgan fingerprint density at radius 2 is 1.84 bits per heavy atom. The van der Waals surface area contributed by atoms with Crippen LogP contribution < -0.4 is 10.5 Å². The molecule has 19 heavy (non-hydrogen) atoms. The van der Waals surface area contributed by atoms with Gasteiger partial charge in [-0.3, -0.25) is 0 Å². The lowest BCUT2D eigenvalue weighted by Gasteiger charge is -2.13. The number of ether oxygens (including phenoxy) is 2. The fourth-order valence-electron chi connectivity index (χ4n) is 1.53. The summed E-state index contributed by atoms with van der Waals surface area (Å²) in [6.07, 6.45) is -4.99. The first-order valence-corrected chi connectivity index (χ1v) is 5.96. The van der Waals surface area contributed by atoms with Crippen molar-refractivity contribution >= 4 is 0 Å². The standard InChI is InChI=1S/C13H18F3NO2/c1-18-11-5-3-10(4-6-11)12(17)9-19-8-2-7-13(14,15)16/h3-6,12H,2,7-9,17H2,1H3. The minimum atomic E-state index is -4.12. The predicted octanol–water partition coefficient (Wildman–Crippen LogP) is 3.05. The summed E-state index contributed by atoms with van der Waals surface area (Å²) < 4.78 is 45.8. The van der Waals surface area contributed by atoms with Gasteiger partial charge in [0.05, 0.1) is 19.8 Å². The van der Waals surface area contributed by atoms with Crippen molar-refractivity contribution < 1.29 is 22.6 Å². The van der Waals surface area contributed by atoms with Crippen molar-refractivity contribution in [1.29, 1.82) is 0 Å². The van der Waals surface area contributed by atoms with Crippen LogP contribution in [-0.2, 0) is 4.74 Å². The van der Waals surface area contributed by atoms with E-state index in [0.717, 1.165) is 11.3 Å². The molecule has 6 heteroatoms. The second-order valence-electron chi connectivity index (χ2n) is 4.17. The zero-order valence-corrected chi connectivity index (χ0v) is 10.7. The number of nitrogens with two attached hydrogens (primary N) is 1. The van der Waals surface area contributed by atoms with Gasteiger partial charge in [-0.2, -0.15) is 13.2 Å². The number of benzene rings is 1. The topological polar surface area (TPSA) is 44.5 Å². The smallest absolute Gasteiger partial charge is 0.389 e. The van der Waals surface area contributed by atoms with E-state index in [9.17, 15) is 13.2 Å². The highest BCUT2D eigenvalue weighted by Gasteiger charge is 2.25. The van der Waals surface area contributed by atoms with Gasteiger partial charge in [-0.15, -0.1) is 0 Å². The van der Waals surface area contributed by atoms with Gasteiger partial charge >= 0.3 is 6.18 Å². The lowest BCUT2D eigenvalue weighted by molar-refractivity contribution is -0.137. The van der Waals surface area contributed by atoms with Crippen LogP contribution in [0.1, 0.15) is 24.4 Å². The third kappa shape index (κ3) is 6.45. The number of alkyl halides is 3. The van der Waals surface area contributed by atoms with Gasteiger partial charge in [0.2, 0.25) is 0 Å². The van der Waals surface area contributed by atoms with Crippen molar-refractivity contribution in [2.75, 3.05) is 20.3 Å². The molecule has 2 N–H and O–H groups in total. The van der Waals surface area contributed by atoms with Crippen molar-refractivity contribution in [3.05, 3.63) is 29.8 Å². The van der Waals surface area contributed by atoms with Gasteiger partial charge in [0.25, 0.3) is 0 Å². The maximum absolute atomic E-state index is 11.9. The van der Waals surface area contributed by atoms with E-state index in [0.29, 0.717) is 0 Å². The number of hydrogen-bond acceptors (Lipinski definition) is 3. The zero-order valence-electron chi connectivity index (χ0n) is 10.7. The molecular weight excluding hydrogens is 259 g/mol. The van der Waals surface area contributed by atoms with E-state index in [1.165, 1.54) is 0 Å². The maximum Gasteiger partial charge on any atom is 0.389 e. The normalized spacial score (nSPS) is 13.3. The molecule has 0 bridgehead atoms. The van der Waals surface area contributed by atoms with Crippen molar-refractivity contribution in [2.24, 2.45) is 5.73 Å². The SMILES string of the molecule is COc1ccc(C(N)COCCCC(F)(F)F)cc1. The molecule has 0 amide bonds. The summed E-state index contributed by atoms with van der Waals surface area (Å²) in [5, 5.41) is 0. The Kier molecular flexibility index (Phi) is 6.11. The van der Waals surface area contributed by atoms with E-state index < -0.39 is 12.6 Å². The number of rotatable bonds is 7. The molecule has 0 spiro atoms. The fraction of sp³-hybridized carbons (Fsp3) is 0.538. The van der Waals surface area contributed by atoms with Crippen LogP contribution in [0.4, 0.5) is 13.2 Å². The molecule has 1 rings (SSSR count). The first-order valence-electron chi connectivity index (χ1n) is 5.96. The maximum atomic E-state index is 11.9. The van der Waals surface area contributed by atoms with E-state index >= 15 is 0 Å². The van der Waals surface area contributed by atoms with Gasteiger partial charge < -0.3 is 15.2 Å². The van der Waals surface area contributed by atoms with Crippen LogP contribution in [0.25, 0.3) is 0 Å². The van der Waals surface area contributed by atoms with E-state index in [4.69, 9.17) is 15.2 Å². The first kappa shape index (κ1) is 15.8. The van der Waals surface area contributed by atoms with Gasteiger partial charge in [0.15, 0.2) is 0 Å². The lowest BCUT2D eigenvalue weighted by Crippen LogP contribution is -2.18. The molecule has 0 aliphatic carbocycles. The largest absolute Gasteiger partial charge is 0.497 e. The van der Waals surface area contributed by atoms with Crippen LogP contribution in [0, 0.1) is 0 Å². The number of halogens is 3. The molecule has 0 fully saturated rings. The summed E-state index contributed by atoms with van der Waals surface area (Å²) in [5.41, 5.74) is 6.72. The summed E-state index contributed by atoms with van der Waals surface area (Å²) in [6.45, 7) is 0.257. The summed E-state index contributed by atoms with van der Waals surface area (Å²) in [4.78, 5) is 0. The van der Waals surface area contributed by atoms with Crippen molar-refractivity contribution in [2.45, 2.75) is 25.1 Å². The minimum Gasteiger partial charge on any atom is -0.497 e. The Bertz CT molecular complexity index is 365. The average Bonchev–Trinajstić information content (AvgIpc) is 2.37. The molecule has 0 aliphatic rings. The van der Waals surface area contributed by atoms with Crippen molar-refractivity contribution in [1.82, 2.24) is 0 Å². The average molecular weight is 277 g/mol. The highest BCUT2D eigenvalue weighted by Crippen LogP contribution is 2.21. The van der Waals surface area contributed by atoms with Crippen molar-refractivity contribution in [3.8, 4) is 5.75 Å². The molecule has 0 heterocycles. The van der Waals surface area contributed by atoms with Crippen LogP contribution in [-0.4, -0.2) is 26.5 Å². The molecule has 0 radical (unpaired) electrons. The molecule has 0 saturated heterocycles. The van der Waals surface area contributed by atoms with E-state index in [-0.39, 0.29) is 25.7 Å². The van der Waals surface area contributed by atoms with Gasteiger partial charge in [-0.1, -0.05) is 12.1 Å². The Morgan fingerprint density at radius 3 is 2.37 bits per heavy atom. The third-order valence-corrected chi connectivity index (χ3v) is 2.59. The molecule has 1 aromatic rings. The Balaban J connectivity index is 2.25. The predicted molar refractivity (Wildman–Crippen MR) is 66.0 cm³/mol. The van der Waals surface area contributed by atoms with Gasteiger partial charge in [-0.05, 0) is 24.1 Å². The van der Waals surface area contributed by atoms with Crippen LogP contribution in [0.2, 0.25) is 0 Å². The molecule has 0 aromatic heterocycles. The lowest BCUT2D eigenvalue weighted by atomic mass is 10.1. The second kappa shape index (κ2) is 7.35. The molecule has 1 atom stereocenters. The zero-order chi connectivity index (χ0) is 14.3. The fourth-order valence-corrected chi connectivity index (χ4v) is 1.53. The van der Waals surface area contributed by atoms with E-state index in [2.05, 4.69) is 0 Å². The Morgan fingerprint density at radius 1 is 1.21 bits per heavy atom. The Labute approximate surface area is 110 Å². The molecular formula is C13H18F3NO2. The monoisotopic (exact) mass is 277 g/mol. The Hall–Kier alpha value is -1.27. The van der Waals surface area contributed by atoms with Crippen LogP contribution in [0.15, 0.2) is 24.3 Å². The van der Waals surface area contributed by atoms with E-state index in [1.807, 2.05) is 12.1 Å². The first-order chi connectivity index (χ1) is 8.92. The molecule has 3 nitrogen and oxygen atoms in total. The van der Waals surface area contributed by atoms with Gasteiger partial charge in [0.1, 0.15) is 5.75 Å². The van der Waals surface area contributed by atoms with E-state index in [1.54, 1.807) is 19.2 Å². The number of methoxy groups -OCH3 is 1. The highest BCUT2D eigenvalue weighted by molar-refractivity contribution is 5.28. The second-order valence-corrected chi connectivity index (χ2v) is 4.17. The summed E-state index contributed by atoms with van der Waals surface area (Å²) in [5.74, 6) is 0.724. The van der Waals surface area contributed by atoms with Gasteiger partial charge in [-0.25, -0.2) is 0 Å². The molecule has 108 valence electrons.